The van der Waals surface area contributed by atoms with Crippen molar-refractivity contribution in [2.24, 2.45) is 0 Å². The molecule has 0 saturated carbocycles. The predicted octanol–water partition coefficient (Wildman–Crippen LogP) is 3.42. The number of para-hydroxylation sites is 3. The molecule has 2 N–H and O–H groups in total. The van der Waals surface area contributed by atoms with Crippen LogP contribution in [0.4, 0.5) is 9.93 Å². The fourth-order valence-corrected chi connectivity index (χ4v) is 3.07. The lowest BCUT2D eigenvalue weighted by Crippen LogP contribution is -2.27. The van der Waals surface area contributed by atoms with Crippen LogP contribution in [0, 0.1) is 0 Å². The lowest BCUT2D eigenvalue weighted by molar-refractivity contribution is 0.260. The number of nitrogens with zero attached hydrogens (tertiary/aromatic N) is 3. The molecule has 0 spiro atoms. The molecule has 0 bridgehead atoms. The maximum atomic E-state index is 12.1. The molecule has 108 valence electrons. The van der Waals surface area contributed by atoms with Gasteiger partial charge in [0.1, 0.15) is 6.33 Å². The summed E-state index contributed by atoms with van der Waals surface area (Å²) in [6.45, 7) is 0. The van der Waals surface area contributed by atoms with E-state index in [1.165, 1.54) is 11.3 Å². The highest BCUT2D eigenvalue weighted by Crippen LogP contribution is 2.25. The lowest BCUT2D eigenvalue weighted by Gasteiger charge is -2.06. The van der Waals surface area contributed by atoms with Gasteiger partial charge in [-0.25, -0.2) is 24.9 Å². The first-order valence-corrected chi connectivity index (χ1v) is 7.47. The third-order valence-electron chi connectivity index (χ3n) is 3.19. The molecule has 2 aromatic carbocycles. The summed E-state index contributed by atoms with van der Waals surface area (Å²) >= 11 is 1.43. The highest BCUT2D eigenvalue weighted by Gasteiger charge is 2.09. The summed E-state index contributed by atoms with van der Waals surface area (Å²) in [6.07, 6.45) is 1.57. The quantitative estimate of drug-likeness (QED) is 0.596. The average Bonchev–Trinajstić information content (AvgIpc) is 3.11. The average molecular weight is 309 g/mol. The molecule has 0 aliphatic rings. The molecule has 7 heteroatoms. The number of fused-ring (bicyclic) bond motifs is 2. The zero-order valence-corrected chi connectivity index (χ0v) is 12.2. The van der Waals surface area contributed by atoms with E-state index in [2.05, 4.69) is 20.7 Å². The Morgan fingerprint density at radius 2 is 1.82 bits per heavy atom. The molecule has 2 heterocycles. The number of aromatic nitrogens is 3. The van der Waals surface area contributed by atoms with Crippen LogP contribution in [-0.2, 0) is 0 Å². The van der Waals surface area contributed by atoms with Crippen molar-refractivity contribution >= 4 is 43.7 Å². The van der Waals surface area contributed by atoms with E-state index < -0.39 is 0 Å². The molecule has 0 aliphatic heterocycles. The van der Waals surface area contributed by atoms with Crippen LogP contribution in [-0.4, -0.2) is 20.7 Å². The van der Waals surface area contributed by atoms with Gasteiger partial charge in [-0.1, -0.05) is 35.6 Å². The van der Waals surface area contributed by atoms with Gasteiger partial charge in [0, 0.05) is 0 Å². The summed E-state index contributed by atoms with van der Waals surface area (Å²) < 4.78 is 2.61. The van der Waals surface area contributed by atoms with Gasteiger partial charge in [0.05, 0.1) is 21.3 Å². The molecule has 2 aromatic heterocycles. The van der Waals surface area contributed by atoms with Gasteiger partial charge in [-0.15, -0.1) is 0 Å². The molecule has 4 rings (SSSR count). The topological polar surface area (TPSA) is 71.8 Å². The van der Waals surface area contributed by atoms with E-state index in [1.807, 2.05) is 48.5 Å². The van der Waals surface area contributed by atoms with E-state index in [9.17, 15) is 4.79 Å². The van der Waals surface area contributed by atoms with Gasteiger partial charge in [-0.2, -0.15) is 0 Å². The Morgan fingerprint density at radius 3 is 2.68 bits per heavy atom. The van der Waals surface area contributed by atoms with Gasteiger partial charge in [-0.3, -0.25) is 5.32 Å². The van der Waals surface area contributed by atoms with Gasteiger partial charge in [0.15, 0.2) is 5.13 Å². The molecular weight excluding hydrogens is 298 g/mol. The highest BCUT2D eigenvalue weighted by molar-refractivity contribution is 7.22. The van der Waals surface area contributed by atoms with Crippen molar-refractivity contribution in [3.63, 3.8) is 0 Å². The zero-order valence-electron chi connectivity index (χ0n) is 11.4. The third-order valence-corrected chi connectivity index (χ3v) is 4.14. The molecule has 22 heavy (non-hydrogen) atoms. The van der Waals surface area contributed by atoms with Crippen molar-refractivity contribution in [2.75, 3.05) is 10.7 Å². The number of benzene rings is 2. The van der Waals surface area contributed by atoms with E-state index >= 15 is 0 Å². The molecule has 6 nitrogen and oxygen atoms in total. The number of urea groups is 1. The predicted molar refractivity (Wildman–Crippen MR) is 87.7 cm³/mol. The maximum Gasteiger partial charge on any atom is 0.340 e. The first-order valence-electron chi connectivity index (χ1n) is 6.65. The SMILES string of the molecule is O=C(Nc1nc2ccccc2s1)Nn1cnc2ccccc21. The molecule has 0 saturated heterocycles. The van der Waals surface area contributed by atoms with Crippen LogP contribution in [0.3, 0.4) is 0 Å². The summed E-state index contributed by atoms with van der Waals surface area (Å²) in [7, 11) is 0. The number of imidazole rings is 1. The molecule has 0 aliphatic carbocycles. The van der Waals surface area contributed by atoms with Crippen LogP contribution >= 0.6 is 11.3 Å². The number of hydrogen-bond donors (Lipinski definition) is 2. The molecule has 4 aromatic rings. The summed E-state index contributed by atoms with van der Waals surface area (Å²) in [5.41, 5.74) is 5.26. The van der Waals surface area contributed by atoms with E-state index in [0.717, 1.165) is 21.3 Å². The molecule has 2 amide bonds. The minimum Gasteiger partial charge on any atom is -0.282 e. The Morgan fingerprint density at radius 1 is 1.05 bits per heavy atom. The van der Waals surface area contributed by atoms with E-state index in [-0.39, 0.29) is 6.03 Å². The molecule has 0 unspecified atom stereocenters. The van der Waals surface area contributed by atoms with Crippen molar-refractivity contribution in [3.05, 3.63) is 54.9 Å². The Kier molecular flexibility index (Phi) is 2.97. The van der Waals surface area contributed by atoms with Crippen molar-refractivity contribution in [3.8, 4) is 0 Å². The fourth-order valence-electron chi connectivity index (χ4n) is 2.21. The second-order valence-corrected chi connectivity index (χ2v) is 5.69. The van der Waals surface area contributed by atoms with Gasteiger partial charge in [0.2, 0.25) is 0 Å². The van der Waals surface area contributed by atoms with E-state index in [1.54, 1.807) is 11.0 Å². The number of anilines is 1. The second-order valence-electron chi connectivity index (χ2n) is 4.66. The summed E-state index contributed by atoms with van der Waals surface area (Å²) in [5.74, 6) is 0. The van der Waals surface area contributed by atoms with Crippen LogP contribution in [0.25, 0.3) is 21.3 Å². The van der Waals surface area contributed by atoms with Crippen molar-refractivity contribution in [1.29, 1.82) is 0 Å². The van der Waals surface area contributed by atoms with Crippen LogP contribution < -0.4 is 10.7 Å². The van der Waals surface area contributed by atoms with Crippen LogP contribution in [0.5, 0.6) is 0 Å². The number of carbonyl (C=O) groups excluding carboxylic acids is 1. The van der Waals surface area contributed by atoms with Gasteiger partial charge in [0.25, 0.3) is 0 Å². The summed E-state index contributed by atoms with van der Waals surface area (Å²) in [5, 5.41) is 3.30. The molecular formula is C15H11N5OS. The number of carbonyl (C=O) groups is 1. The standard InChI is InChI=1S/C15H11N5OS/c21-14(18-15-17-11-6-2-4-8-13(11)22-15)19-20-9-16-10-5-1-3-7-12(10)20/h1-9H,(H2,17,18,19,21). The monoisotopic (exact) mass is 309 g/mol. The Labute approximate surface area is 129 Å². The Bertz CT molecular complexity index is 941. The molecule has 0 fully saturated rings. The number of nitrogens with one attached hydrogen (secondary N) is 2. The summed E-state index contributed by atoms with van der Waals surface area (Å²) in [6, 6.07) is 15.0. The molecule has 0 radical (unpaired) electrons. The number of hydrogen-bond acceptors (Lipinski definition) is 4. The van der Waals surface area contributed by atoms with Crippen molar-refractivity contribution in [2.45, 2.75) is 0 Å². The van der Waals surface area contributed by atoms with E-state index in [0.29, 0.717) is 5.13 Å². The smallest absolute Gasteiger partial charge is 0.282 e. The van der Waals surface area contributed by atoms with Crippen molar-refractivity contribution < 1.29 is 4.79 Å². The third kappa shape index (κ3) is 2.27. The number of rotatable bonds is 2. The summed E-state index contributed by atoms with van der Waals surface area (Å²) in [4.78, 5) is 20.7. The fraction of sp³-hybridized carbons (Fsp3) is 0. The minimum atomic E-state index is -0.359. The highest BCUT2D eigenvalue weighted by atomic mass is 32.1. The van der Waals surface area contributed by atoms with E-state index in [4.69, 9.17) is 0 Å². The van der Waals surface area contributed by atoms with Crippen molar-refractivity contribution in [1.82, 2.24) is 14.6 Å². The lowest BCUT2D eigenvalue weighted by atomic mass is 10.3. The van der Waals surface area contributed by atoms with Gasteiger partial charge in [-0.05, 0) is 24.3 Å². The normalized spacial score (nSPS) is 10.9. The largest absolute Gasteiger partial charge is 0.340 e. The van der Waals surface area contributed by atoms with Crippen LogP contribution in [0.15, 0.2) is 54.9 Å². The Hall–Kier alpha value is -2.93. The zero-order chi connectivity index (χ0) is 14.9. The Balaban J connectivity index is 1.55. The minimum absolute atomic E-state index is 0.359. The van der Waals surface area contributed by atoms with Crippen LogP contribution in [0.1, 0.15) is 0 Å². The second kappa shape index (κ2) is 5.12. The first-order chi connectivity index (χ1) is 10.8. The number of thiazole rings is 1. The number of amides is 2. The maximum absolute atomic E-state index is 12.1. The molecule has 0 atom stereocenters. The van der Waals surface area contributed by atoms with Crippen LogP contribution in [0.2, 0.25) is 0 Å². The van der Waals surface area contributed by atoms with Gasteiger partial charge >= 0.3 is 6.03 Å². The van der Waals surface area contributed by atoms with Gasteiger partial charge < -0.3 is 0 Å². The first kappa shape index (κ1) is 12.8.